The van der Waals surface area contributed by atoms with Crippen LogP contribution in [0.2, 0.25) is 0 Å². The van der Waals surface area contributed by atoms with Gasteiger partial charge in [-0.2, -0.15) is 0 Å². The number of anilines is 1. The van der Waals surface area contributed by atoms with Gasteiger partial charge in [-0.05, 0) is 55.3 Å². The molecule has 160 valence electrons. The van der Waals surface area contributed by atoms with Crippen molar-refractivity contribution in [1.29, 1.82) is 0 Å². The fraction of sp³-hybridized carbons (Fsp3) is 0.185. The van der Waals surface area contributed by atoms with E-state index in [2.05, 4.69) is 22.5 Å². The van der Waals surface area contributed by atoms with E-state index in [1.807, 2.05) is 72.8 Å². The molecule has 0 aromatic heterocycles. The maximum Gasteiger partial charge on any atom is 0.321 e. The summed E-state index contributed by atoms with van der Waals surface area (Å²) in [5.74, 6) is 6.20. The number of carbonyl (C=O) groups excluding carboxylic acids is 2. The van der Waals surface area contributed by atoms with Crippen LogP contribution in [0, 0.1) is 11.8 Å². The Morgan fingerprint density at radius 1 is 0.781 bits per heavy atom. The van der Waals surface area contributed by atoms with E-state index in [4.69, 9.17) is 0 Å². The Bertz CT molecular complexity index is 1130. The molecule has 0 atom stereocenters. The molecule has 1 fully saturated rings. The fourth-order valence-corrected chi connectivity index (χ4v) is 3.63. The quantitative estimate of drug-likeness (QED) is 0.609. The van der Waals surface area contributed by atoms with Crippen molar-refractivity contribution in [3.63, 3.8) is 0 Å². The van der Waals surface area contributed by atoms with Gasteiger partial charge in [0.1, 0.15) is 0 Å². The Morgan fingerprint density at radius 2 is 1.41 bits per heavy atom. The Morgan fingerprint density at radius 3 is 2.12 bits per heavy atom. The Labute approximate surface area is 188 Å². The monoisotopic (exact) mass is 423 g/mol. The van der Waals surface area contributed by atoms with E-state index >= 15 is 0 Å². The lowest BCUT2D eigenvalue weighted by molar-refractivity contribution is 0.0919. The zero-order valence-corrected chi connectivity index (χ0v) is 17.8. The first-order chi connectivity index (χ1) is 15.7. The Kier molecular flexibility index (Phi) is 6.84. The van der Waals surface area contributed by atoms with Gasteiger partial charge in [0.2, 0.25) is 0 Å². The van der Waals surface area contributed by atoms with Crippen molar-refractivity contribution in [3.05, 3.63) is 102 Å². The van der Waals surface area contributed by atoms with Crippen molar-refractivity contribution in [1.82, 2.24) is 10.2 Å². The highest BCUT2D eigenvalue weighted by Crippen LogP contribution is 2.15. The third kappa shape index (κ3) is 5.77. The van der Waals surface area contributed by atoms with Gasteiger partial charge in [0, 0.05) is 41.5 Å². The lowest BCUT2D eigenvalue weighted by Gasteiger charge is -2.32. The second-order valence-corrected chi connectivity index (χ2v) is 7.73. The van der Waals surface area contributed by atoms with Gasteiger partial charge in [0.25, 0.3) is 5.91 Å². The average Bonchev–Trinajstić information content (AvgIpc) is 2.84. The van der Waals surface area contributed by atoms with Crippen molar-refractivity contribution >= 4 is 17.6 Å². The molecule has 3 amide bonds. The molecule has 0 unspecified atom stereocenters. The minimum absolute atomic E-state index is 0.0677. The lowest BCUT2D eigenvalue weighted by atomic mass is 10.0. The van der Waals surface area contributed by atoms with Crippen LogP contribution in [-0.4, -0.2) is 36.0 Å². The van der Waals surface area contributed by atoms with E-state index in [0.717, 1.165) is 29.7 Å². The third-order valence-corrected chi connectivity index (χ3v) is 5.39. The summed E-state index contributed by atoms with van der Waals surface area (Å²) in [6.45, 7) is 1.19. The maximum atomic E-state index is 12.7. The molecule has 1 saturated heterocycles. The average molecular weight is 424 g/mol. The summed E-state index contributed by atoms with van der Waals surface area (Å²) in [6.07, 6.45) is 1.46. The Balaban J connectivity index is 1.29. The Hall–Kier alpha value is -4.04. The molecule has 32 heavy (non-hydrogen) atoms. The van der Waals surface area contributed by atoms with Crippen LogP contribution >= 0.6 is 0 Å². The molecule has 2 N–H and O–H groups in total. The molecule has 0 aliphatic carbocycles. The topological polar surface area (TPSA) is 61.4 Å². The molecular formula is C27H25N3O2. The fourth-order valence-electron chi connectivity index (χ4n) is 3.63. The number of benzene rings is 3. The SMILES string of the molecule is O=C(NC1CCN(C(=O)Nc2cccc(C#Cc3ccccc3)c2)CC1)c1ccccc1. The van der Waals surface area contributed by atoms with E-state index in [1.54, 1.807) is 17.0 Å². The normalized spacial score (nSPS) is 13.6. The van der Waals surface area contributed by atoms with Gasteiger partial charge in [-0.3, -0.25) is 4.79 Å². The van der Waals surface area contributed by atoms with Gasteiger partial charge in [0.15, 0.2) is 0 Å². The predicted molar refractivity (Wildman–Crippen MR) is 126 cm³/mol. The van der Waals surface area contributed by atoms with Gasteiger partial charge < -0.3 is 15.5 Å². The number of piperidine rings is 1. The molecule has 3 aromatic rings. The second-order valence-electron chi connectivity index (χ2n) is 7.73. The van der Waals surface area contributed by atoms with Gasteiger partial charge in [-0.15, -0.1) is 0 Å². The van der Waals surface area contributed by atoms with Crippen LogP contribution in [0.1, 0.15) is 34.3 Å². The molecule has 5 heteroatoms. The van der Waals surface area contributed by atoms with E-state index in [0.29, 0.717) is 18.7 Å². The molecular weight excluding hydrogens is 398 g/mol. The summed E-state index contributed by atoms with van der Waals surface area (Å²) in [5, 5.41) is 6.03. The van der Waals surface area contributed by atoms with Crippen LogP contribution in [0.25, 0.3) is 0 Å². The van der Waals surface area contributed by atoms with Gasteiger partial charge in [0.05, 0.1) is 0 Å². The summed E-state index contributed by atoms with van der Waals surface area (Å²) >= 11 is 0. The van der Waals surface area contributed by atoms with Crippen LogP contribution in [0.5, 0.6) is 0 Å². The largest absolute Gasteiger partial charge is 0.349 e. The van der Waals surface area contributed by atoms with Gasteiger partial charge >= 0.3 is 6.03 Å². The first-order valence-corrected chi connectivity index (χ1v) is 10.8. The highest BCUT2D eigenvalue weighted by atomic mass is 16.2. The molecule has 0 bridgehead atoms. The molecule has 5 nitrogen and oxygen atoms in total. The molecule has 1 aliphatic heterocycles. The second kappa shape index (κ2) is 10.3. The van der Waals surface area contributed by atoms with Crippen molar-refractivity contribution in [2.75, 3.05) is 18.4 Å². The number of carbonyl (C=O) groups is 2. The van der Waals surface area contributed by atoms with E-state index in [9.17, 15) is 9.59 Å². The van der Waals surface area contributed by atoms with Crippen LogP contribution in [-0.2, 0) is 0 Å². The van der Waals surface area contributed by atoms with Gasteiger partial charge in [-0.1, -0.05) is 54.3 Å². The maximum absolute atomic E-state index is 12.7. The first-order valence-electron chi connectivity index (χ1n) is 10.8. The first kappa shape index (κ1) is 21.2. The number of nitrogens with one attached hydrogen (secondary N) is 2. The van der Waals surface area contributed by atoms with Crippen LogP contribution < -0.4 is 10.6 Å². The number of hydrogen-bond acceptors (Lipinski definition) is 2. The highest BCUT2D eigenvalue weighted by Gasteiger charge is 2.24. The number of hydrogen-bond donors (Lipinski definition) is 2. The summed E-state index contributed by atoms with van der Waals surface area (Å²) in [7, 11) is 0. The smallest absolute Gasteiger partial charge is 0.321 e. The predicted octanol–water partition coefficient (Wildman–Crippen LogP) is 4.51. The van der Waals surface area contributed by atoms with Gasteiger partial charge in [-0.25, -0.2) is 4.79 Å². The van der Waals surface area contributed by atoms with Crippen molar-refractivity contribution in [3.8, 4) is 11.8 Å². The van der Waals surface area contributed by atoms with Crippen LogP contribution in [0.3, 0.4) is 0 Å². The third-order valence-electron chi connectivity index (χ3n) is 5.39. The number of rotatable bonds is 3. The van der Waals surface area contributed by atoms with Crippen molar-refractivity contribution in [2.24, 2.45) is 0 Å². The molecule has 1 heterocycles. The molecule has 0 saturated carbocycles. The van der Waals surface area contributed by atoms with E-state index in [-0.39, 0.29) is 18.0 Å². The summed E-state index contributed by atoms with van der Waals surface area (Å²) in [6, 6.07) is 26.5. The molecule has 1 aliphatic rings. The lowest BCUT2D eigenvalue weighted by Crippen LogP contribution is -2.47. The highest BCUT2D eigenvalue weighted by molar-refractivity contribution is 5.94. The van der Waals surface area contributed by atoms with Crippen LogP contribution in [0.15, 0.2) is 84.9 Å². The summed E-state index contributed by atoms with van der Waals surface area (Å²) in [4.78, 5) is 26.8. The zero-order chi connectivity index (χ0) is 22.2. The molecule has 0 radical (unpaired) electrons. The summed E-state index contributed by atoms with van der Waals surface area (Å²) in [5.41, 5.74) is 3.16. The summed E-state index contributed by atoms with van der Waals surface area (Å²) < 4.78 is 0. The minimum atomic E-state index is -0.133. The number of urea groups is 1. The number of likely N-dealkylation sites (tertiary alicyclic amines) is 1. The minimum Gasteiger partial charge on any atom is -0.349 e. The standard InChI is InChI=1S/C27H25N3O2/c31-26(23-11-5-2-6-12-23)28-24-16-18-30(19-17-24)27(32)29-25-13-7-10-22(20-25)15-14-21-8-3-1-4-9-21/h1-13,20,24H,16-19H2,(H,28,31)(H,29,32). The van der Waals surface area contributed by atoms with E-state index < -0.39 is 0 Å². The van der Waals surface area contributed by atoms with Crippen molar-refractivity contribution in [2.45, 2.75) is 18.9 Å². The number of nitrogens with zero attached hydrogens (tertiary/aromatic N) is 1. The number of amides is 3. The van der Waals surface area contributed by atoms with Crippen molar-refractivity contribution < 1.29 is 9.59 Å². The van der Waals surface area contributed by atoms with E-state index in [1.165, 1.54) is 0 Å². The molecule has 3 aromatic carbocycles. The van der Waals surface area contributed by atoms with Crippen LogP contribution in [0.4, 0.5) is 10.5 Å². The molecule has 4 rings (SSSR count). The molecule has 0 spiro atoms. The zero-order valence-electron chi connectivity index (χ0n) is 17.8.